The normalized spacial score (nSPS) is 26.6. The number of hydrogen-bond acceptors (Lipinski definition) is 6. The summed E-state index contributed by atoms with van der Waals surface area (Å²) < 4.78 is 23.5. The van der Waals surface area contributed by atoms with Crippen LogP contribution in [-0.4, -0.2) is 46.0 Å². The van der Waals surface area contributed by atoms with E-state index in [0.717, 1.165) is 0 Å². The van der Waals surface area contributed by atoms with E-state index in [1.807, 2.05) is 6.08 Å². The van der Waals surface area contributed by atoms with Gasteiger partial charge in [-0.05, 0) is 36.3 Å². The molecule has 0 aromatic heterocycles. The summed E-state index contributed by atoms with van der Waals surface area (Å²) in [5, 5.41) is -0.0263. The van der Waals surface area contributed by atoms with Crippen LogP contribution in [0.15, 0.2) is 36.1 Å². The fraction of sp³-hybridized carbons (Fsp3) is 0.545. The van der Waals surface area contributed by atoms with Crippen LogP contribution >= 0.6 is 0 Å². The number of esters is 1. The number of hydrogen-bond donors (Lipinski definition) is 0. The van der Waals surface area contributed by atoms with Crippen LogP contribution in [0.3, 0.4) is 0 Å². The molecule has 0 radical (unpaired) electrons. The minimum atomic E-state index is -2.17. The number of rotatable bonds is 4. The second-order valence-electron chi connectivity index (χ2n) is 9.19. The van der Waals surface area contributed by atoms with E-state index in [-0.39, 0.29) is 17.2 Å². The molecule has 2 aliphatic rings. The highest BCUT2D eigenvalue weighted by molar-refractivity contribution is 6.74. The average molecular weight is 419 g/mol. The fourth-order valence-electron chi connectivity index (χ4n) is 3.72. The van der Waals surface area contributed by atoms with Gasteiger partial charge < -0.3 is 18.6 Å². The zero-order chi connectivity index (χ0) is 21.6. The van der Waals surface area contributed by atoms with Gasteiger partial charge in [0.2, 0.25) is 13.9 Å². The highest BCUT2D eigenvalue weighted by Crippen LogP contribution is 2.48. The molecule has 0 bridgehead atoms. The summed E-state index contributed by atoms with van der Waals surface area (Å²) in [7, 11) is 0.648. The predicted molar refractivity (Wildman–Crippen MR) is 111 cm³/mol. The van der Waals surface area contributed by atoms with Crippen molar-refractivity contribution in [3.05, 3.63) is 41.7 Å². The number of benzene rings is 1. The molecule has 1 aliphatic heterocycles. The van der Waals surface area contributed by atoms with Crippen molar-refractivity contribution in [3.63, 3.8) is 0 Å². The number of Topliss-reactive ketones (excluding diaryl/α,β-unsaturated/α-hetero) is 1. The van der Waals surface area contributed by atoms with E-state index in [1.165, 1.54) is 14.2 Å². The first-order valence-electron chi connectivity index (χ1n) is 9.80. The molecule has 7 heteroatoms. The van der Waals surface area contributed by atoms with E-state index in [1.54, 1.807) is 24.3 Å². The zero-order valence-electron chi connectivity index (χ0n) is 18.2. The Balaban J connectivity index is 2.11. The SMILES string of the molecule is COC(=O)C12CC(O[Si](C)(C)C(C)(C)C)=CC(OC)C1C(=O)c1ccccc1O2. The van der Waals surface area contributed by atoms with Crippen LogP contribution in [0.5, 0.6) is 5.75 Å². The van der Waals surface area contributed by atoms with Crippen molar-refractivity contribution in [1.82, 2.24) is 0 Å². The lowest BCUT2D eigenvalue weighted by Crippen LogP contribution is -2.62. The van der Waals surface area contributed by atoms with Gasteiger partial charge in [-0.25, -0.2) is 4.79 Å². The third kappa shape index (κ3) is 3.50. The second-order valence-corrected chi connectivity index (χ2v) is 13.9. The van der Waals surface area contributed by atoms with Crippen LogP contribution in [0, 0.1) is 5.92 Å². The molecule has 0 saturated carbocycles. The number of ketones is 1. The van der Waals surface area contributed by atoms with E-state index in [4.69, 9.17) is 18.6 Å². The molecule has 6 nitrogen and oxygen atoms in total. The van der Waals surface area contributed by atoms with Gasteiger partial charge in [-0.1, -0.05) is 32.9 Å². The van der Waals surface area contributed by atoms with Gasteiger partial charge in [0.1, 0.15) is 11.7 Å². The van der Waals surface area contributed by atoms with Gasteiger partial charge in [0.05, 0.1) is 31.0 Å². The van der Waals surface area contributed by atoms with Crippen molar-refractivity contribution in [2.75, 3.05) is 14.2 Å². The molecule has 3 unspecified atom stereocenters. The third-order valence-corrected chi connectivity index (χ3v) is 10.7. The number of carbonyl (C=O) groups excluding carboxylic acids is 2. The lowest BCUT2D eigenvalue weighted by Gasteiger charge is -2.47. The summed E-state index contributed by atoms with van der Waals surface area (Å²) in [4.78, 5) is 26.4. The summed E-state index contributed by atoms with van der Waals surface area (Å²) in [6, 6.07) is 6.95. The average Bonchev–Trinajstić information content (AvgIpc) is 2.65. The molecule has 0 N–H and O–H groups in total. The molecule has 0 fully saturated rings. The molecule has 1 aromatic carbocycles. The Morgan fingerprint density at radius 3 is 2.45 bits per heavy atom. The Morgan fingerprint density at radius 2 is 1.86 bits per heavy atom. The Morgan fingerprint density at radius 1 is 1.21 bits per heavy atom. The third-order valence-electron chi connectivity index (χ3n) is 6.34. The minimum Gasteiger partial charge on any atom is -0.547 e. The minimum absolute atomic E-state index is 0.0263. The number of methoxy groups -OCH3 is 2. The first kappa shape index (κ1) is 21.6. The van der Waals surface area contributed by atoms with Crippen LogP contribution in [0.1, 0.15) is 37.6 Å². The second kappa shape index (κ2) is 7.29. The van der Waals surface area contributed by atoms with Crippen LogP contribution in [0.2, 0.25) is 18.1 Å². The van der Waals surface area contributed by atoms with Crippen molar-refractivity contribution < 1.29 is 28.2 Å². The van der Waals surface area contributed by atoms with Crippen LogP contribution in [-0.2, 0) is 18.7 Å². The van der Waals surface area contributed by atoms with E-state index in [0.29, 0.717) is 17.1 Å². The smallest absolute Gasteiger partial charge is 0.351 e. The van der Waals surface area contributed by atoms with Gasteiger partial charge >= 0.3 is 5.97 Å². The molecule has 158 valence electrons. The number of carbonyl (C=O) groups is 2. The number of ether oxygens (including phenoxy) is 3. The first-order valence-corrected chi connectivity index (χ1v) is 12.7. The summed E-state index contributed by atoms with van der Waals surface area (Å²) >= 11 is 0. The largest absolute Gasteiger partial charge is 0.547 e. The number of para-hydroxylation sites is 1. The molecule has 0 spiro atoms. The van der Waals surface area contributed by atoms with Crippen molar-refractivity contribution in [1.29, 1.82) is 0 Å². The maximum Gasteiger partial charge on any atom is 0.351 e. The summed E-state index contributed by atoms with van der Waals surface area (Å²) in [6.07, 6.45) is 1.28. The van der Waals surface area contributed by atoms with Crippen LogP contribution < -0.4 is 4.74 Å². The van der Waals surface area contributed by atoms with E-state index in [2.05, 4.69) is 33.9 Å². The van der Waals surface area contributed by atoms with E-state index >= 15 is 0 Å². The maximum atomic E-state index is 13.4. The summed E-state index contributed by atoms with van der Waals surface area (Å²) in [5.74, 6) is -0.648. The quantitative estimate of drug-likeness (QED) is 0.541. The highest BCUT2D eigenvalue weighted by atomic mass is 28.4. The summed E-state index contributed by atoms with van der Waals surface area (Å²) in [5.41, 5.74) is -1.07. The van der Waals surface area contributed by atoms with Crippen molar-refractivity contribution >= 4 is 20.1 Å². The van der Waals surface area contributed by atoms with Crippen molar-refractivity contribution in [3.8, 4) is 5.75 Å². The molecule has 1 aliphatic carbocycles. The highest BCUT2D eigenvalue weighted by Gasteiger charge is 2.61. The molecule has 0 amide bonds. The predicted octanol–water partition coefficient (Wildman–Crippen LogP) is 4.11. The van der Waals surface area contributed by atoms with Gasteiger partial charge in [-0.2, -0.15) is 0 Å². The Kier molecular flexibility index (Phi) is 5.42. The molecular formula is C22H30O6Si. The lowest BCUT2D eigenvalue weighted by molar-refractivity contribution is -0.169. The first-order chi connectivity index (χ1) is 13.5. The molecule has 29 heavy (non-hydrogen) atoms. The lowest BCUT2D eigenvalue weighted by atomic mass is 9.70. The molecule has 1 aromatic rings. The van der Waals surface area contributed by atoms with Gasteiger partial charge in [-0.3, -0.25) is 4.79 Å². The molecular weight excluding hydrogens is 388 g/mol. The fourth-order valence-corrected chi connectivity index (χ4v) is 4.83. The van der Waals surface area contributed by atoms with Crippen LogP contribution in [0.4, 0.5) is 0 Å². The zero-order valence-corrected chi connectivity index (χ0v) is 19.2. The van der Waals surface area contributed by atoms with Gasteiger partial charge in [0.15, 0.2) is 5.78 Å². The van der Waals surface area contributed by atoms with E-state index in [9.17, 15) is 9.59 Å². The molecule has 3 atom stereocenters. The van der Waals surface area contributed by atoms with Crippen LogP contribution in [0.25, 0.3) is 0 Å². The Bertz CT molecular complexity index is 853. The Hall–Kier alpha value is -2.12. The van der Waals surface area contributed by atoms with Crippen molar-refractivity contribution in [2.45, 2.75) is 57.0 Å². The topological polar surface area (TPSA) is 71.1 Å². The van der Waals surface area contributed by atoms with Gasteiger partial charge in [-0.15, -0.1) is 0 Å². The van der Waals surface area contributed by atoms with E-state index < -0.39 is 31.9 Å². The molecule has 3 rings (SSSR count). The number of fused-ring (bicyclic) bond motifs is 2. The monoisotopic (exact) mass is 418 g/mol. The Labute approximate surface area is 173 Å². The van der Waals surface area contributed by atoms with Crippen molar-refractivity contribution in [2.24, 2.45) is 5.92 Å². The van der Waals surface area contributed by atoms with Gasteiger partial charge in [0, 0.05) is 7.11 Å². The standard InChI is InChI=1S/C22H30O6Si/c1-21(2,3)29(6,7)28-14-12-17(25-4)18-19(23)15-10-8-9-11-16(15)27-22(18,13-14)20(24)26-5/h8-12,17-18H,13H2,1-7H3. The van der Waals surface area contributed by atoms with Gasteiger partial charge in [0.25, 0.3) is 0 Å². The molecule has 0 saturated heterocycles. The maximum absolute atomic E-state index is 13.4. The summed E-state index contributed by atoms with van der Waals surface area (Å²) in [6.45, 7) is 10.7. The molecule has 1 heterocycles.